The van der Waals surface area contributed by atoms with Gasteiger partial charge in [0.1, 0.15) is 12.2 Å². The molecule has 1 aliphatic rings. The van der Waals surface area contributed by atoms with Crippen LogP contribution in [0.3, 0.4) is 0 Å². The van der Waals surface area contributed by atoms with Crippen LogP contribution in [-0.2, 0) is 16.2 Å². The van der Waals surface area contributed by atoms with Gasteiger partial charge in [-0.15, -0.1) is 0 Å². The Bertz CT molecular complexity index is 1500. The predicted molar refractivity (Wildman–Crippen MR) is 154 cm³/mol. The summed E-state index contributed by atoms with van der Waals surface area (Å²) in [5.41, 5.74) is 3.32. The summed E-state index contributed by atoms with van der Waals surface area (Å²) < 4.78 is 11.9. The van der Waals surface area contributed by atoms with Gasteiger partial charge in [-0.2, -0.15) is 0 Å². The summed E-state index contributed by atoms with van der Waals surface area (Å²) in [5, 5.41) is 0. The zero-order valence-corrected chi connectivity index (χ0v) is 22.2. The maximum absolute atomic E-state index is 13.6. The van der Waals surface area contributed by atoms with E-state index in [1.54, 1.807) is 78.9 Å². The Balaban J connectivity index is 1.51. The van der Waals surface area contributed by atoms with Crippen molar-refractivity contribution in [1.29, 1.82) is 0 Å². The Morgan fingerprint density at radius 1 is 0.675 bits per heavy atom. The fourth-order valence-corrected chi connectivity index (χ4v) is 4.35. The minimum Gasteiger partial charge on any atom is -0.490 e. The number of aryl methyl sites for hydroxylation is 1. The van der Waals surface area contributed by atoms with Crippen molar-refractivity contribution in [2.75, 3.05) is 16.4 Å². The van der Waals surface area contributed by atoms with Gasteiger partial charge < -0.3 is 9.47 Å². The number of para-hydroxylation sites is 2. The van der Waals surface area contributed by atoms with Crippen molar-refractivity contribution in [3.05, 3.63) is 125 Å². The van der Waals surface area contributed by atoms with E-state index >= 15 is 0 Å². The molecule has 4 aromatic carbocycles. The lowest BCUT2D eigenvalue weighted by Gasteiger charge is -2.33. The average Bonchev–Trinajstić information content (AvgIpc) is 2.97. The van der Waals surface area contributed by atoms with Gasteiger partial charge in [0, 0.05) is 0 Å². The Hall–Kier alpha value is -5.17. The molecule has 0 aliphatic carbocycles. The number of amides is 4. The van der Waals surface area contributed by atoms with Crippen LogP contribution in [-0.4, -0.2) is 24.5 Å². The number of carbonyl (C=O) groups is 3. The zero-order valence-electron chi connectivity index (χ0n) is 22.2. The number of ether oxygens (including phenoxy) is 2. The number of carbonyl (C=O) groups excluding carboxylic acids is 3. The van der Waals surface area contributed by atoms with Crippen molar-refractivity contribution in [2.24, 2.45) is 0 Å². The predicted octanol–water partition coefficient (Wildman–Crippen LogP) is 6.56. The van der Waals surface area contributed by atoms with Gasteiger partial charge in [-0.3, -0.25) is 9.59 Å². The highest BCUT2D eigenvalue weighted by Gasteiger charge is 2.43. The third-order valence-corrected chi connectivity index (χ3v) is 6.37. The molecule has 1 saturated heterocycles. The van der Waals surface area contributed by atoms with Crippen LogP contribution in [0.15, 0.2) is 109 Å². The minimum absolute atomic E-state index is 0.150. The maximum Gasteiger partial charge on any atom is 0.343 e. The standard InChI is InChI=1S/C33H28N2O5/c1-3-39-30-21-25(18-19-29(30)40-22-24-16-14-23(2)15-17-24)20-28-31(36)34(26-10-6-4-7-11-26)33(38)35(32(28)37)27-12-8-5-9-13-27/h4-21H,3,22H2,1-2H3. The second kappa shape index (κ2) is 11.7. The van der Waals surface area contributed by atoms with Crippen LogP contribution in [0.5, 0.6) is 11.5 Å². The molecule has 40 heavy (non-hydrogen) atoms. The van der Waals surface area contributed by atoms with E-state index in [0.29, 0.717) is 41.7 Å². The van der Waals surface area contributed by atoms with Crippen LogP contribution in [0.2, 0.25) is 0 Å². The number of anilines is 2. The highest BCUT2D eigenvalue weighted by Crippen LogP contribution is 2.33. The molecule has 0 aromatic heterocycles. The SMILES string of the molecule is CCOc1cc(C=C2C(=O)N(c3ccccc3)C(=O)N(c3ccccc3)C2=O)ccc1OCc1ccc(C)cc1. The second-order valence-corrected chi connectivity index (χ2v) is 9.21. The molecule has 4 amide bonds. The number of hydrogen-bond acceptors (Lipinski definition) is 5. The van der Waals surface area contributed by atoms with Crippen LogP contribution in [0.25, 0.3) is 6.08 Å². The molecule has 0 N–H and O–H groups in total. The van der Waals surface area contributed by atoms with Crippen LogP contribution in [0, 0.1) is 6.92 Å². The lowest BCUT2D eigenvalue weighted by molar-refractivity contribution is -0.121. The molecule has 0 saturated carbocycles. The largest absolute Gasteiger partial charge is 0.490 e. The molecule has 7 heteroatoms. The van der Waals surface area contributed by atoms with Gasteiger partial charge in [-0.25, -0.2) is 14.6 Å². The Kier molecular flexibility index (Phi) is 7.73. The molecule has 4 aromatic rings. The van der Waals surface area contributed by atoms with E-state index in [1.165, 1.54) is 11.6 Å². The van der Waals surface area contributed by atoms with Crippen LogP contribution in [0.4, 0.5) is 16.2 Å². The van der Waals surface area contributed by atoms with E-state index in [1.807, 2.05) is 38.1 Å². The molecule has 200 valence electrons. The highest BCUT2D eigenvalue weighted by molar-refractivity contribution is 6.46. The summed E-state index contributed by atoms with van der Waals surface area (Å²) in [4.78, 5) is 42.8. The number of benzene rings is 4. The topological polar surface area (TPSA) is 76.2 Å². The van der Waals surface area contributed by atoms with E-state index < -0.39 is 17.8 Å². The molecule has 1 aliphatic heterocycles. The monoisotopic (exact) mass is 532 g/mol. The summed E-state index contributed by atoms with van der Waals surface area (Å²) in [7, 11) is 0. The highest BCUT2D eigenvalue weighted by atomic mass is 16.5. The van der Waals surface area contributed by atoms with Gasteiger partial charge in [0.2, 0.25) is 0 Å². The fraction of sp³-hybridized carbons (Fsp3) is 0.121. The number of urea groups is 1. The summed E-state index contributed by atoms with van der Waals surface area (Å²) >= 11 is 0. The Morgan fingerprint density at radius 2 is 1.25 bits per heavy atom. The average molecular weight is 533 g/mol. The van der Waals surface area contributed by atoms with Crippen molar-refractivity contribution in [2.45, 2.75) is 20.5 Å². The quantitative estimate of drug-likeness (QED) is 0.190. The first kappa shape index (κ1) is 26.4. The Morgan fingerprint density at radius 3 is 1.80 bits per heavy atom. The smallest absolute Gasteiger partial charge is 0.343 e. The number of nitrogens with zero attached hydrogens (tertiary/aromatic N) is 2. The van der Waals surface area contributed by atoms with Crippen molar-refractivity contribution < 1.29 is 23.9 Å². The van der Waals surface area contributed by atoms with Crippen molar-refractivity contribution in [3.8, 4) is 11.5 Å². The van der Waals surface area contributed by atoms with Gasteiger partial charge >= 0.3 is 6.03 Å². The zero-order chi connectivity index (χ0) is 28.1. The summed E-state index contributed by atoms with van der Waals surface area (Å²) in [6, 6.07) is 29.6. The fourth-order valence-electron chi connectivity index (χ4n) is 4.35. The molecule has 5 rings (SSSR count). The molecule has 0 radical (unpaired) electrons. The number of imide groups is 2. The van der Waals surface area contributed by atoms with E-state index in [-0.39, 0.29) is 5.57 Å². The first-order valence-corrected chi connectivity index (χ1v) is 13.0. The normalized spacial score (nSPS) is 13.4. The summed E-state index contributed by atoms with van der Waals surface area (Å²) in [6.45, 7) is 4.65. The van der Waals surface area contributed by atoms with Gasteiger partial charge in [0.15, 0.2) is 11.5 Å². The van der Waals surface area contributed by atoms with Gasteiger partial charge in [-0.05, 0) is 67.4 Å². The van der Waals surface area contributed by atoms with E-state index in [4.69, 9.17) is 9.47 Å². The van der Waals surface area contributed by atoms with E-state index in [2.05, 4.69) is 0 Å². The second-order valence-electron chi connectivity index (χ2n) is 9.21. The Labute approximate surface area is 232 Å². The third-order valence-electron chi connectivity index (χ3n) is 6.37. The lowest BCUT2D eigenvalue weighted by Crippen LogP contribution is -2.57. The van der Waals surface area contributed by atoms with Gasteiger partial charge in [-0.1, -0.05) is 72.3 Å². The molecular weight excluding hydrogens is 504 g/mol. The van der Waals surface area contributed by atoms with Crippen LogP contribution < -0.4 is 19.3 Å². The minimum atomic E-state index is -0.737. The first-order valence-electron chi connectivity index (χ1n) is 13.0. The number of rotatable bonds is 8. The molecule has 0 bridgehead atoms. The van der Waals surface area contributed by atoms with Crippen LogP contribution in [0.1, 0.15) is 23.6 Å². The number of barbiturate groups is 1. The van der Waals surface area contributed by atoms with Crippen molar-refractivity contribution in [3.63, 3.8) is 0 Å². The van der Waals surface area contributed by atoms with Gasteiger partial charge in [0.05, 0.1) is 18.0 Å². The summed E-state index contributed by atoms with van der Waals surface area (Å²) in [5.74, 6) is -0.384. The van der Waals surface area contributed by atoms with E-state index in [9.17, 15) is 14.4 Å². The summed E-state index contributed by atoms with van der Waals surface area (Å²) in [6.07, 6.45) is 1.48. The molecule has 1 heterocycles. The van der Waals surface area contributed by atoms with Crippen molar-refractivity contribution >= 4 is 35.3 Å². The molecule has 0 unspecified atom stereocenters. The number of hydrogen-bond donors (Lipinski definition) is 0. The molecular formula is C33H28N2O5. The molecule has 1 fully saturated rings. The third kappa shape index (κ3) is 5.49. The maximum atomic E-state index is 13.6. The van der Waals surface area contributed by atoms with Crippen LogP contribution >= 0.6 is 0 Å². The van der Waals surface area contributed by atoms with Gasteiger partial charge in [0.25, 0.3) is 11.8 Å². The van der Waals surface area contributed by atoms with E-state index in [0.717, 1.165) is 15.4 Å². The lowest BCUT2D eigenvalue weighted by atomic mass is 10.0. The van der Waals surface area contributed by atoms with Crippen molar-refractivity contribution in [1.82, 2.24) is 0 Å². The molecule has 7 nitrogen and oxygen atoms in total. The molecule has 0 spiro atoms. The first-order chi connectivity index (χ1) is 19.5. The molecule has 0 atom stereocenters.